The van der Waals surface area contributed by atoms with Crippen LogP contribution in [-0.2, 0) is 4.74 Å². The molecule has 1 aromatic rings. The van der Waals surface area contributed by atoms with Gasteiger partial charge in [0.1, 0.15) is 5.75 Å². The van der Waals surface area contributed by atoms with Crippen LogP contribution in [0.5, 0.6) is 5.75 Å². The van der Waals surface area contributed by atoms with E-state index in [1.807, 2.05) is 0 Å². The number of carboxylic acids is 1. The third-order valence-corrected chi connectivity index (χ3v) is 3.91. The van der Waals surface area contributed by atoms with Crippen LogP contribution in [0.1, 0.15) is 40.5 Å². The maximum Gasteiger partial charge on any atom is 0.335 e. The summed E-state index contributed by atoms with van der Waals surface area (Å²) >= 11 is 0. The van der Waals surface area contributed by atoms with E-state index >= 15 is 0 Å². The molecular formula is C17H23NO5. The van der Waals surface area contributed by atoms with E-state index in [-0.39, 0.29) is 11.5 Å². The second-order valence-electron chi connectivity index (χ2n) is 5.74. The first-order valence-corrected chi connectivity index (χ1v) is 7.84. The molecule has 1 aliphatic heterocycles. The van der Waals surface area contributed by atoms with Crippen LogP contribution in [0.25, 0.3) is 0 Å². The Morgan fingerprint density at radius 2 is 2.04 bits per heavy atom. The Morgan fingerprint density at radius 1 is 1.30 bits per heavy atom. The number of carbonyl (C=O) groups is 2. The number of likely N-dealkylation sites (tertiary alicyclic amines) is 1. The lowest BCUT2D eigenvalue weighted by Crippen LogP contribution is -2.29. The molecule has 1 heterocycles. The number of methoxy groups -OCH3 is 1. The van der Waals surface area contributed by atoms with Crippen LogP contribution in [0.15, 0.2) is 18.2 Å². The highest BCUT2D eigenvalue weighted by atomic mass is 16.5. The second kappa shape index (κ2) is 7.97. The summed E-state index contributed by atoms with van der Waals surface area (Å²) in [5, 5.41) is 9.14. The minimum atomic E-state index is -1.08. The Morgan fingerprint density at radius 3 is 2.70 bits per heavy atom. The van der Waals surface area contributed by atoms with Crippen LogP contribution < -0.4 is 4.74 Å². The summed E-state index contributed by atoms with van der Waals surface area (Å²) in [6, 6.07) is 4.38. The molecule has 0 radical (unpaired) electrons. The monoisotopic (exact) mass is 321 g/mol. The number of rotatable bonds is 7. The van der Waals surface area contributed by atoms with Gasteiger partial charge in [-0.3, -0.25) is 4.79 Å². The van der Waals surface area contributed by atoms with Gasteiger partial charge in [0.25, 0.3) is 5.91 Å². The summed E-state index contributed by atoms with van der Waals surface area (Å²) in [6.07, 6.45) is 1.89. The molecule has 23 heavy (non-hydrogen) atoms. The molecule has 0 unspecified atom stereocenters. The summed E-state index contributed by atoms with van der Waals surface area (Å²) in [6.45, 7) is 4.77. The predicted molar refractivity (Wildman–Crippen MR) is 85.1 cm³/mol. The topological polar surface area (TPSA) is 76.1 Å². The van der Waals surface area contributed by atoms with Crippen LogP contribution in [0, 0.1) is 5.92 Å². The van der Waals surface area contributed by atoms with Gasteiger partial charge in [-0.25, -0.2) is 4.79 Å². The van der Waals surface area contributed by atoms with E-state index in [4.69, 9.17) is 14.6 Å². The van der Waals surface area contributed by atoms with Crippen LogP contribution in [0.3, 0.4) is 0 Å². The Kier molecular flexibility index (Phi) is 5.98. The number of carbonyl (C=O) groups excluding carboxylic acids is 1. The molecule has 1 amide bonds. The quantitative estimate of drug-likeness (QED) is 0.780. The molecule has 1 aromatic carbocycles. The van der Waals surface area contributed by atoms with E-state index < -0.39 is 5.97 Å². The highest BCUT2D eigenvalue weighted by Gasteiger charge is 2.27. The van der Waals surface area contributed by atoms with Crippen molar-refractivity contribution in [2.75, 3.05) is 33.4 Å². The fraction of sp³-hybridized carbons (Fsp3) is 0.529. The van der Waals surface area contributed by atoms with Crippen molar-refractivity contribution in [3.63, 3.8) is 0 Å². The van der Waals surface area contributed by atoms with Crippen LogP contribution in [-0.4, -0.2) is 55.3 Å². The van der Waals surface area contributed by atoms with E-state index in [2.05, 4.69) is 6.92 Å². The summed E-state index contributed by atoms with van der Waals surface area (Å²) in [5.41, 5.74) is 0.395. The zero-order valence-electron chi connectivity index (χ0n) is 13.6. The van der Waals surface area contributed by atoms with Gasteiger partial charge in [0, 0.05) is 31.2 Å². The van der Waals surface area contributed by atoms with Gasteiger partial charge >= 0.3 is 5.97 Å². The minimum Gasteiger partial charge on any atom is -0.497 e. The highest BCUT2D eigenvalue weighted by molar-refractivity contribution is 5.98. The van der Waals surface area contributed by atoms with Gasteiger partial charge in [0.2, 0.25) is 0 Å². The molecule has 0 spiro atoms. The lowest BCUT2D eigenvalue weighted by molar-refractivity contribution is 0.0696. The first-order valence-electron chi connectivity index (χ1n) is 7.84. The lowest BCUT2D eigenvalue weighted by atomic mass is 10.1. The summed E-state index contributed by atoms with van der Waals surface area (Å²) in [5.74, 6) is -0.528. The van der Waals surface area contributed by atoms with Gasteiger partial charge in [0.15, 0.2) is 0 Å². The number of aromatic carboxylic acids is 1. The minimum absolute atomic E-state index is 0.0507. The number of carboxylic acid groups (broad SMARTS) is 1. The number of hydrogen-bond acceptors (Lipinski definition) is 4. The Balaban J connectivity index is 2.06. The first-order chi connectivity index (χ1) is 11.0. The normalized spacial score (nSPS) is 17.3. The summed E-state index contributed by atoms with van der Waals surface area (Å²) < 4.78 is 10.6. The predicted octanol–water partition coefficient (Wildman–Crippen LogP) is 2.28. The van der Waals surface area contributed by atoms with Crippen molar-refractivity contribution < 1.29 is 24.2 Å². The van der Waals surface area contributed by atoms with Crippen LogP contribution >= 0.6 is 0 Å². The first kappa shape index (κ1) is 17.3. The van der Waals surface area contributed by atoms with Crippen molar-refractivity contribution >= 4 is 11.9 Å². The van der Waals surface area contributed by atoms with Crippen molar-refractivity contribution in [3.8, 4) is 5.75 Å². The van der Waals surface area contributed by atoms with Crippen LogP contribution in [0.4, 0.5) is 0 Å². The molecule has 126 valence electrons. The Labute approximate surface area is 136 Å². The van der Waals surface area contributed by atoms with Gasteiger partial charge in [-0.2, -0.15) is 0 Å². The van der Waals surface area contributed by atoms with Crippen LogP contribution in [0.2, 0.25) is 0 Å². The summed E-state index contributed by atoms with van der Waals surface area (Å²) in [4.78, 5) is 25.5. The molecule has 1 atom stereocenters. The Hall–Kier alpha value is -2.08. The molecule has 1 fully saturated rings. The largest absolute Gasteiger partial charge is 0.497 e. The van der Waals surface area contributed by atoms with Gasteiger partial charge in [-0.15, -0.1) is 0 Å². The van der Waals surface area contributed by atoms with E-state index in [1.165, 1.54) is 19.2 Å². The number of amides is 1. The van der Waals surface area contributed by atoms with Crippen molar-refractivity contribution in [1.82, 2.24) is 4.90 Å². The maximum atomic E-state index is 12.6. The molecule has 1 saturated heterocycles. The SMILES string of the molecule is CCCOC[C@H]1CCN(C(=O)c2cc(OC)cc(C(=O)O)c2)C1. The zero-order valence-corrected chi connectivity index (χ0v) is 13.6. The van der Waals surface area contributed by atoms with Gasteiger partial charge in [-0.1, -0.05) is 6.92 Å². The molecule has 0 aromatic heterocycles. The number of nitrogens with zero attached hydrogens (tertiary/aromatic N) is 1. The number of ether oxygens (including phenoxy) is 2. The smallest absolute Gasteiger partial charge is 0.335 e. The van der Waals surface area contributed by atoms with Gasteiger partial charge in [-0.05, 0) is 31.0 Å². The molecule has 0 saturated carbocycles. The standard InChI is InChI=1S/C17H23NO5/c1-3-6-23-11-12-4-5-18(10-12)16(19)13-7-14(17(20)21)9-15(8-13)22-2/h7-9,12H,3-6,10-11H2,1-2H3,(H,20,21)/t12-/m0/s1. The maximum absolute atomic E-state index is 12.6. The molecule has 1 N–H and O–H groups in total. The van der Waals surface area contributed by atoms with E-state index in [9.17, 15) is 9.59 Å². The average Bonchev–Trinajstić information content (AvgIpc) is 3.02. The molecule has 1 aliphatic rings. The van der Waals surface area contributed by atoms with Crippen molar-refractivity contribution in [2.45, 2.75) is 19.8 Å². The molecule has 6 nitrogen and oxygen atoms in total. The zero-order chi connectivity index (χ0) is 16.8. The van der Waals surface area contributed by atoms with Gasteiger partial charge < -0.3 is 19.5 Å². The third kappa shape index (κ3) is 4.45. The Bertz CT molecular complexity index is 572. The molecule has 0 aliphatic carbocycles. The van der Waals surface area contributed by atoms with Crippen molar-refractivity contribution in [3.05, 3.63) is 29.3 Å². The fourth-order valence-electron chi connectivity index (χ4n) is 2.69. The number of hydrogen-bond donors (Lipinski definition) is 1. The molecule has 0 bridgehead atoms. The van der Waals surface area contributed by atoms with E-state index in [0.29, 0.717) is 36.9 Å². The fourth-order valence-corrected chi connectivity index (χ4v) is 2.69. The molecular weight excluding hydrogens is 298 g/mol. The van der Waals surface area contributed by atoms with E-state index in [1.54, 1.807) is 11.0 Å². The third-order valence-electron chi connectivity index (χ3n) is 3.91. The average molecular weight is 321 g/mol. The number of benzene rings is 1. The highest BCUT2D eigenvalue weighted by Crippen LogP contribution is 2.22. The summed E-state index contributed by atoms with van der Waals surface area (Å²) in [7, 11) is 1.45. The van der Waals surface area contributed by atoms with Gasteiger partial charge in [0.05, 0.1) is 19.3 Å². The molecule has 6 heteroatoms. The van der Waals surface area contributed by atoms with Crippen molar-refractivity contribution in [2.24, 2.45) is 5.92 Å². The second-order valence-corrected chi connectivity index (χ2v) is 5.74. The van der Waals surface area contributed by atoms with E-state index in [0.717, 1.165) is 19.4 Å². The van der Waals surface area contributed by atoms with Crippen molar-refractivity contribution in [1.29, 1.82) is 0 Å². The lowest BCUT2D eigenvalue weighted by Gasteiger charge is -2.17. The molecule has 2 rings (SSSR count).